The van der Waals surface area contributed by atoms with Crippen LogP contribution in [0.3, 0.4) is 0 Å². The molecule has 1 saturated carbocycles. The Bertz CT molecular complexity index is 600. The first kappa shape index (κ1) is 22.4. The van der Waals surface area contributed by atoms with Crippen LogP contribution in [-0.4, -0.2) is 44.4 Å². The van der Waals surface area contributed by atoms with Gasteiger partial charge in [-0.05, 0) is 56.1 Å². The number of carboxylic acids is 1. The first-order valence-corrected chi connectivity index (χ1v) is 10.3. The van der Waals surface area contributed by atoms with E-state index >= 15 is 0 Å². The van der Waals surface area contributed by atoms with Crippen LogP contribution in [0.15, 0.2) is 28.2 Å². The van der Waals surface area contributed by atoms with E-state index in [0.29, 0.717) is 37.8 Å². The van der Waals surface area contributed by atoms with Gasteiger partial charge in [0.1, 0.15) is 0 Å². The summed E-state index contributed by atoms with van der Waals surface area (Å²) in [6.07, 6.45) is 9.85. The van der Waals surface area contributed by atoms with Gasteiger partial charge < -0.3 is 24.9 Å². The van der Waals surface area contributed by atoms with Gasteiger partial charge in [-0.1, -0.05) is 24.4 Å². The summed E-state index contributed by atoms with van der Waals surface area (Å²) >= 11 is 0. The third-order valence-electron chi connectivity index (χ3n) is 5.82. The quantitative estimate of drug-likeness (QED) is 0.230. The van der Waals surface area contributed by atoms with E-state index in [1.54, 1.807) is 12.5 Å². The molecule has 1 aromatic rings. The summed E-state index contributed by atoms with van der Waals surface area (Å²) in [5.74, 6) is -0.740. The molecular weight excluding hydrogens is 362 g/mol. The Morgan fingerprint density at radius 1 is 1.21 bits per heavy atom. The molecule has 0 bridgehead atoms. The Morgan fingerprint density at radius 3 is 2.68 bits per heavy atom. The van der Waals surface area contributed by atoms with E-state index in [1.165, 1.54) is 0 Å². The van der Waals surface area contributed by atoms with Crippen molar-refractivity contribution in [2.24, 2.45) is 17.0 Å². The standard InChI is InChI=1S/C21H33NO6/c23-16(8-7-15-11-12-28-14-15)9-10-17-18(20(24)13-19(17)22-27)5-3-1-2-4-6-21(25)26/h11-12,14,16-18,20,23-24,27H,1-10,13H2,(H,25,26)/b22-19-/t16-,17?,18+,20-/m0/s1. The SMILES string of the molecule is O=C(O)CCCCCC[C@@H]1C(CC[C@@H](O)CCc2ccoc2)/C(=N\O)C[C@@H]1O. The van der Waals surface area contributed by atoms with Crippen LogP contribution in [0.2, 0.25) is 0 Å². The summed E-state index contributed by atoms with van der Waals surface area (Å²) in [6, 6.07) is 1.89. The van der Waals surface area contributed by atoms with Crippen molar-refractivity contribution in [2.45, 2.75) is 82.8 Å². The van der Waals surface area contributed by atoms with Gasteiger partial charge in [0.15, 0.2) is 0 Å². The van der Waals surface area contributed by atoms with Gasteiger partial charge >= 0.3 is 5.97 Å². The summed E-state index contributed by atoms with van der Waals surface area (Å²) in [5.41, 5.74) is 1.69. The molecule has 4 atom stereocenters. The molecule has 1 fully saturated rings. The predicted octanol–water partition coefficient (Wildman–Crippen LogP) is 3.61. The van der Waals surface area contributed by atoms with E-state index in [9.17, 15) is 20.2 Å². The Balaban J connectivity index is 1.75. The average molecular weight is 395 g/mol. The smallest absolute Gasteiger partial charge is 0.303 e. The zero-order chi connectivity index (χ0) is 20.4. The number of oxime groups is 1. The number of nitrogens with zero attached hydrogens (tertiary/aromatic N) is 1. The summed E-state index contributed by atoms with van der Waals surface area (Å²) in [6.45, 7) is 0. The molecule has 0 amide bonds. The zero-order valence-electron chi connectivity index (χ0n) is 16.4. The second-order valence-corrected chi connectivity index (χ2v) is 7.88. The molecule has 0 aliphatic heterocycles. The fraction of sp³-hybridized carbons (Fsp3) is 0.714. The minimum Gasteiger partial charge on any atom is -0.481 e. The highest BCUT2D eigenvalue weighted by Gasteiger charge is 2.39. The number of rotatable bonds is 13. The molecule has 1 heterocycles. The van der Waals surface area contributed by atoms with Gasteiger partial charge in [-0.15, -0.1) is 0 Å². The predicted molar refractivity (Wildman–Crippen MR) is 104 cm³/mol. The maximum Gasteiger partial charge on any atom is 0.303 e. The van der Waals surface area contributed by atoms with Crippen LogP contribution in [0.25, 0.3) is 0 Å². The highest BCUT2D eigenvalue weighted by Crippen LogP contribution is 2.37. The fourth-order valence-corrected chi connectivity index (χ4v) is 4.22. The van der Waals surface area contributed by atoms with Gasteiger partial charge in [0, 0.05) is 18.8 Å². The molecule has 0 saturated heterocycles. The van der Waals surface area contributed by atoms with E-state index in [4.69, 9.17) is 9.52 Å². The minimum absolute atomic E-state index is 0.0115. The number of unbranched alkanes of at least 4 members (excludes halogenated alkanes) is 3. The number of hydrogen-bond donors (Lipinski definition) is 4. The summed E-state index contributed by atoms with van der Waals surface area (Å²) in [4.78, 5) is 10.5. The van der Waals surface area contributed by atoms with Crippen molar-refractivity contribution >= 4 is 11.7 Å². The molecule has 0 spiro atoms. The number of carboxylic acid groups (broad SMARTS) is 1. The number of aliphatic hydroxyl groups is 2. The van der Waals surface area contributed by atoms with Crippen molar-refractivity contribution in [3.8, 4) is 0 Å². The van der Waals surface area contributed by atoms with Crippen molar-refractivity contribution in [3.05, 3.63) is 24.2 Å². The molecule has 0 radical (unpaired) electrons. The number of aryl methyl sites for hydroxylation is 1. The monoisotopic (exact) mass is 395 g/mol. The van der Waals surface area contributed by atoms with Gasteiger partial charge in [-0.25, -0.2) is 0 Å². The lowest BCUT2D eigenvalue weighted by Gasteiger charge is -2.23. The Labute approximate surface area is 166 Å². The van der Waals surface area contributed by atoms with Gasteiger partial charge in [0.25, 0.3) is 0 Å². The topological polar surface area (TPSA) is 123 Å². The summed E-state index contributed by atoms with van der Waals surface area (Å²) in [5, 5.41) is 42.1. The maximum atomic E-state index is 10.5. The normalized spacial score (nSPS) is 24.6. The van der Waals surface area contributed by atoms with E-state index in [-0.39, 0.29) is 18.3 Å². The van der Waals surface area contributed by atoms with E-state index in [1.807, 2.05) is 6.07 Å². The first-order chi connectivity index (χ1) is 13.5. The van der Waals surface area contributed by atoms with E-state index in [2.05, 4.69) is 5.16 Å². The van der Waals surface area contributed by atoms with Gasteiger partial charge in [0.05, 0.1) is 30.4 Å². The van der Waals surface area contributed by atoms with E-state index in [0.717, 1.165) is 37.7 Å². The molecule has 0 aromatic carbocycles. The highest BCUT2D eigenvalue weighted by atomic mass is 16.4. The molecule has 7 nitrogen and oxygen atoms in total. The average Bonchev–Trinajstić information content (AvgIpc) is 3.28. The molecule has 4 N–H and O–H groups in total. The molecule has 1 aliphatic carbocycles. The van der Waals surface area contributed by atoms with Crippen LogP contribution in [0.4, 0.5) is 0 Å². The second kappa shape index (κ2) is 11.9. The number of furan rings is 1. The molecule has 1 aromatic heterocycles. The minimum atomic E-state index is -0.763. The van der Waals surface area contributed by atoms with Gasteiger partial charge in [-0.3, -0.25) is 4.79 Å². The first-order valence-electron chi connectivity index (χ1n) is 10.3. The Kier molecular flexibility index (Phi) is 9.50. The maximum absolute atomic E-state index is 10.5. The van der Waals surface area contributed by atoms with Crippen LogP contribution in [0, 0.1) is 11.8 Å². The largest absolute Gasteiger partial charge is 0.481 e. The molecule has 7 heteroatoms. The number of aliphatic hydroxyl groups excluding tert-OH is 2. The lowest BCUT2D eigenvalue weighted by molar-refractivity contribution is -0.137. The molecule has 1 unspecified atom stereocenters. The van der Waals surface area contributed by atoms with Crippen LogP contribution < -0.4 is 0 Å². The van der Waals surface area contributed by atoms with Crippen molar-refractivity contribution in [3.63, 3.8) is 0 Å². The van der Waals surface area contributed by atoms with Crippen molar-refractivity contribution < 1.29 is 29.7 Å². The zero-order valence-corrected chi connectivity index (χ0v) is 16.4. The molecule has 28 heavy (non-hydrogen) atoms. The second-order valence-electron chi connectivity index (χ2n) is 7.88. The van der Waals surface area contributed by atoms with Gasteiger partial charge in [-0.2, -0.15) is 0 Å². The van der Waals surface area contributed by atoms with Crippen molar-refractivity contribution in [2.75, 3.05) is 0 Å². The third-order valence-corrected chi connectivity index (χ3v) is 5.82. The number of carbonyl (C=O) groups is 1. The highest BCUT2D eigenvalue weighted by molar-refractivity contribution is 5.89. The molecule has 1 aliphatic rings. The lowest BCUT2D eigenvalue weighted by atomic mass is 9.84. The van der Waals surface area contributed by atoms with E-state index < -0.39 is 18.2 Å². The van der Waals surface area contributed by atoms with Crippen LogP contribution in [0.1, 0.15) is 69.8 Å². The fourth-order valence-electron chi connectivity index (χ4n) is 4.22. The van der Waals surface area contributed by atoms with Crippen molar-refractivity contribution in [1.29, 1.82) is 0 Å². The van der Waals surface area contributed by atoms with Crippen LogP contribution in [-0.2, 0) is 11.2 Å². The Morgan fingerprint density at radius 2 is 2.00 bits per heavy atom. The number of hydrogen-bond acceptors (Lipinski definition) is 6. The third kappa shape index (κ3) is 7.28. The molecule has 158 valence electrons. The molecular formula is C21H33NO6. The lowest BCUT2D eigenvalue weighted by Crippen LogP contribution is -2.22. The summed E-state index contributed by atoms with van der Waals surface area (Å²) < 4.78 is 5.03. The summed E-state index contributed by atoms with van der Waals surface area (Å²) in [7, 11) is 0. The van der Waals surface area contributed by atoms with Crippen LogP contribution >= 0.6 is 0 Å². The van der Waals surface area contributed by atoms with Crippen molar-refractivity contribution in [1.82, 2.24) is 0 Å². The molecule has 2 rings (SSSR count). The van der Waals surface area contributed by atoms with Gasteiger partial charge in [0.2, 0.25) is 0 Å². The number of aliphatic carboxylic acids is 1. The Hall–Kier alpha value is -1.86. The van der Waals surface area contributed by atoms with Crippen LogP contribution in [0.5, 0.6) is 0 Å².